The number of nitrogens with one attached hydrogen (secondary N) is 1. The number of hydrogen-bond acceptors (Lipinski definition) is 4. The van der Waals surface area contributed by atoms with Crippen LogP contribution in [0.25, 0.3) is 0 Å². The molecule has 1 aromatic carbocycles. The van der Waals surface area contributed by atoms with Crippen LogP contribution in [0.5, 0.6) is 0 Å². The van der Waals surface area contributed by atoms with Crippen molar-refractivity contribution in [1.82, 2.24) is 4.31 Å². The fourth-order valence-corrected chi connectivity index (χ4v) is 4.75. The Bertz CT molecular complexity index is 797. The summed E-state index contributed by atoms with van der Waals surface area (Å²) < 4.78 is 26.1. The number of anilines is 1. The highest BCUT2D eigenvalue weighted by atomic mass is 32.2. The molecule has 124 valence electrons. The minimum Gasteiger partial charge on any atom is -0.325 e. The Morgan fingerprint density at radius 2 is 1.91 bits per heavy atom. The molecule has 1 heterocycles. The fourth-order valence-electron chi connectivity index (χ4n) is 2.13. The molecule has 7 heteroatoms. The van der Waals surface area contributed by atoms with Crippen LogP contribution in [0.15, 0.2) is 40.6 Å². The van der Waals surface area contributed by atoms with Crippen molar-refractivity contribution in [3.05, 3.63) is 46.8 Å². The average Bonchev–Trinajstić information content (AvgIpc) is 2.95. The lowest BCUT2D eigenvalue weighted by atomic mass is 10.1. The second-order valence-electron chi connectivity index (χ2n) is 5.19. The first-order chi connectivity index (χ1) is 10.8. The molecular weight excluding hydrogens is 332 g/mol. The van der Waals surface area contributed by atoms with E-state index in [4.69, 9.17) is 0 Å². The number of nitrogens with zero attached hydrogens (tertiary/aromatic N) is 1. The van der Waals surface area contributed by atoms with Gasteiger partial charge in [-0.1, -0.05) is 25.1 Å². The zero-order valence-corrected chi connectivity index (χ0v) is 15.0. The van der Waals surface area contributed by atoms with Gasteiger partial charge in [0.25, 0.3) is 10.0 Å². The van der Waals surface area contributed by atoms with Crippen molar-refractivity contribution in [3.8, 4) is 0 Å². The number of para-hydroxylation sites is 1. The van der Waals surface area contributed by atoms with Crippen molar-refractivity contribution >= 4 is 33.0 Å². The van der Waals surface area contributed by atoms with E-state index in [1.54, 1.807) is 12.1 Å². The van der Waals surface area contributed by atoms with E-state index in [1.165, 1.54) is 18.4 Å². The number of benzene rings is 1. The second-order valence-corrected chi connectivity index (χ2v) is 8.74. The Morgan fingerprint density at radius 1 is 1.22 bits per heavy atom. The summed E-state index contributed by atoms with van der Waals surface area (Å²) in [5.41, 5.74) is 1.73. The van der Waals surface area contributed by atoms with E-state index in [0.29, 0.717) is 0 Å². The number of aryl methyl sites for hydroxylation is 2. The largest absolute Gasteiger partial charge is 0.325 e. The lowest BCUT2D eigenvalue weighted by molar-refractivity contribution is -0.116. The number of carbonyl (C=O) groups is 1. The van der Waals surface area contributed by atoms with Gasteiger partial charge in [0, 0.05) is 17.6 Å². The smallest absolute Gasteiger partial charge is 0.252 e. The summed E-state index contributed by atoms with van der Waals surface area (Å²) in [6.07, 6.45) is 0.791. The standard InChI is InChI=1S/C16H20N2O3S2/c1-4-13-7-5-6-8-14(13)17-15(19)11-18(3)23(20,21)16-10-9-12(2)22-16/h5-10H,4,11H2,1-3H3,(H,17,19). The van der Waals surface area contributed by atoms with Gasteiger partial charge >= 0.3 is 0 Å². The van der Waals surface area contributed by atoms with Gasteiger partial charge in [-0.2, -0.15) is 4.31 Å². The van der Waals surface area contributed by atoms with Crippen molar-refractivity contribution in [1.29, 1.82) is 0 Å². The van der Waals surface area contributed by atoms with Crippen LogP contribution in [0.3, 0.4) is 0 Å². The van der Waals surface area contributed by atoms with Crippen LogP contribution in [0, 0.1) is 6.92 Å². The lowest BCUT2D eigenvalue weighted by Crippen LogP contribution is -2.34. The maximum Gasteiger partial charge on any atom is 0.252 e. The third-order valence-corrected chi connectivity index (χ3v) is 6.69. The number of sulfonamides is 1. The van der Waals surface area contributed by atoms with E-state index in [0.717, 1.165) is 26.9 Å². The van der Waals surface area contributed by atoms with Gasteiger partial charge in [0.15, 0.2) is 0 Å². The minimum atomic E-state index is -3.63. The third kappa shape index (κ3) is 4.19. The lowest BCUT2D eigenvalue weighted by Gasteiger charge is -2.16. The van der Waals surface area contributed by atoms with Crippen LogP contribution in [-0.2, 0) is 21.2 Å². The van der Waals surface area contributed by atoms with Gasteiger partial charge in [-0.3, -0.25) is 4.79 Å². The van der Waals surface area contributed by atoms with Crippen molar-refractivity contribution in [2.75, 3.05) is 18.9 Å². The Kier molecular flexibility index (Phi) is 5.56. The summed E-state index contributed by atoms with van der Waals surface area (Å²) in [4.78, 5) is 13.1. The van der Waals surface area contributed by atoms with Crippen LogP contribution < -0.4 is 5.32 Å². The minimum absolute atomic E-state index is 0.225. The van der Waals surface area contributed by atoms with Crippen LogP contribution in [0.4, 0.5) is 5.69 Å². The number of thiophene rings is 1. The van der Waals surface area contributed by atoms with Gasteiger partial charge in [0.1, 0.15) is 4.21 Å². The molecule has 0 atom stereocenters. The van der Waals surface area contributed by atoms with Gasteiger partial charge in [0.05, 0.1) is 6.54 Å². The van der Waals surface area contributed by atoms with Gasteiger partial charge < -0.3 is 5.32 Å². The quantitative estimate of drug-likeness (QED) is 0.869. The molecule has 2 rings (SSSR count). The molecule has 0 spiro atoms. The highest BCUT2D eigenvalue weighted by molar-refractivity contribution is 7.91. The monoisotopic (exact) mass is 352 g/mol. The Balaban J connectivity index is 2.08. The molecule has 2 aromatic rings. The number of likely N-dealkylation sites (N-methyl/N-ethyl adjacent to an activating group) is 1. The topological polar surface area (TPSA) is 66.5 Å². The van der Waals surface area contributed by atoms with Gasteiger partial charge in [-0.05, 0) is 37.1 Å². The van der Waals surface area contributed by atoms with Crippen molar-refractivity contribution in [2.45, 2.75) is 24.5 Å². The third-order valence-electron chi connectivity index (χ3n) is 3.42. The van der Waals surface area contributed by atoms with E-state index in [-0.39, 0.29) is 16.7 Å². The predicted octanol–water partition coefficient (Wildman–Crippen LogP) is 2.88. The Morgan fingerprint density at radius 3 is 2.52 bits per heavy atom. The van der Waals surface area contributed by atoms with Gasteiger partial charge in [0.2, 0.25) is 5.91 Å². The molecule has 23 heavy (non-hydrogen) atoms. The molecule has 5 nitrogen and oxygen atoms in total. The van der Waals surface area contributed by atoms with E-state index >= 15 is 0 Å². The first kappa shape index (κ1) is 17.7. The molecule has 1 N–H and O–H groups in total. The van der Waals surface area contributed by atoms with Gasteiger partial charge in [-0.15, -0.1) is 11.3 Å². The maximum atomic E-state index is 12.4. The highest BCUT2D eigenvalue weighted by Gasteiger charge is 2.24. The first-order valence-corrected chi connectivity index (χ1v) is 9.50. The van der Waals surface area contributed by atoms with Crippen molar-refractivity contribution in [3.63, 3.8) is 0 Å². The highest BCUT2D eigenvalue weighted by Crippen LogP contribution is 2.23. The summed E-state index contributed by atoms with van der Waals surface area (Å²) in [5, 5.41) is 2.78. The molecule has 1 amide bonds. The summed E-state index contributed by atoms with van der Waals surface area (Å²) in [6, 6.07) is 10.8. The van der Waals surface area contributed by atoms with Crippen LogP contribution in [-0.4, -0.2) is 32.2 Å². The molecular formula is C16H20N2O3S2. The summed E-state index contributed by atoms with van der Waals surface area (Å²) in [7, 11) is -2.22. The molecule has 0 radical (unpaired) electrons. The zero-order chi connectivity index (χ0) is 17.0. The molecule has 0 aliphatic carbocycles. The molecule has 0 saturated heterocycles. The number of hydrogen-bond donors (Lipinski definition) is 1. The maximum absolute atomic E-state index is 12.4. The summed E-state index contributed by atoms with van der Waals surface area (Å²) in [5.74, 6) is -0.356. The Hall–Kier alpha value is -1.70. The normalized spacial score (nSPS) is 11.7. The zero-order valence-electron chi connectivity index (χ0n) is 13.4. The van der Waals surface area contributed by atoms with Crippen LogP contribution in [0.1, 0.15) is 17.4 Å². The van der Waals surface area contributed by atoms with E-state index < -0.39 is 10.0 Å². The fraction of sp³-hybridized carbons (Fsp3) is 0.312. The van der Waals surface area contributed by atoms with Crippen LogP contribution >= 0.6 is 11.3 Å². The second kappa shape index (κ2) is 7.25. The van der Waals surface area contributed by atoms with E-state index in [1.807, 2.05) is 38.1 Å². The summed E-state index contributed by atoms with van der Waals surface area (Å²) in [6.45, 7) is 3.62. The molecule has 0 aliphatic rings. The van der Waals surface area contributed by atoms with Crippen molar-refractivity contribution in [2.24, 2.45) is 0 Å². The molecule has 0 aliphatic heterocycles. The van der Waals surface area contributed by atoms with E-state index in [2.05, 4.69) is 5.32 Å². The molecule has 0 unspecified atom stereocenters. The average molecular weight is 352 g/mol. The van der Waals surface area contributed by atoms with Crippen LogP contribution in [0.2, 0.25) is 0 Å². The van der Waals surface area contributed by atoms with E-state index in [9.17, 15) is 13.2 Å². The van der Waals surface area contributed by atoms with Crippen molar-refractivity contribution < 1.29 is 13.2 Å². The number of rotatable bonds is 6. The molecule has 0 saturated carbocycles. The van der Waals surface area contributed by atoms with Gasteiger partial charge in [-0.25, -0.2) is 8.42 Å². The first-order valence-electron chi connectivity index (χ1n) is 7.25. The number of carbonyl (C=O) groups excluding carboxylic acids is 1. The molecule has 0 fully saturated rings. The predicted molar refractivity (Wildman–Crippen MR) is 93.3 cm³/mol. The molecule has 0 bridgehead atoms. The Labute approximate surface area is 141 Å². The molecule has 1 aromatic heterocycles. The number of amides is 1. The summed E-state index contributed by atoms with van der Waals surface area (Å²) >= 11 is 1.20. The SMILES string of the molecule is CCc1ccccc1NC(=O)CN(C)S(=O)(=O)c1ccc(C)s1.